The van der Waals surface area contributed by atoms with Crippen LogP contribution in [0.1, 0.15) is 108 Å². The Hall–Kier alpha value is -3.18. The molecule has 0 aromatic carbocycles. The SMILES string of the molecule is CCCC(NC(=O)[C@@H]1C(C(C)C)CCN1C(=O)[C@@H](NC(=O)N[C@H](CN1CCCCC1=O)C(C)(C)C)C(C)(C)C)C(=O)C(=O)NCC. The molecule has 0 radical (unpaired) electrons. The average Bonchev–Trinajstić information content (AvgIpc) is 3.41. The summed E-state index contributed by atoms with van der Waals surface area (Å²) in [6.07, 6.45) is 3.75. The highest BCUT2D eigenvalue weighted by Gasteiger charge is 2.48. The number of likely N-dealkylation sites (N-methyl/N-ethyl adjacent to an activating group) is 1. The van der Waals surface area contributed by atoms with Crippen molar-refractivity contribution in [3.05, 3.63) is 0 Å². The zero-order chi connectivity index (χ0) is 35.0. The summed E-state index contributed by atoms with van der Waals surface area (Å²) in [7, 11) is 0. The highest BCUT2D eigenvalue weighted by molar-refractivity contribution is 6.38. The Morgan fingerprint density at radius 2 is 1.54 bits per heavy atom. The van der Waals surface area contributed by atoms with Crippen molar-refractivity contribution in [2.24, 2.45) is 22.7 Å². The Kier molecular flexibility index (Phi) is 14.1. The second kappa shape index (κ2) is 16.6. The normalized spacial score (nSPS) is 21.0. The summed E-state index contributed by atoms with van der Waals surface area (Å²) in [4.78, 5) is 82.8. The van der Waals surface area contributed by atoms with Gasteiger partial charge in [0.15, 0.2) is 0 Å². The predicted molar refractivity (Wildman–Crippen MR) is 178 cm³/mol. The summed E-state index contributed by atoms with van der Waals surface area (Å²) in [5, 5.41) is 11.3. The van der Waals surface area contributed by atoms with Crippen molar-refractivity contribution >= 4 is 35.4 Å². The fraction of sp³-hybridized carbons (Fsp3) is 0.824. The van der Waals surface area contributed by atoms with Gasteiger partial charge in [0, 0.05) is 32.6 Å². The molecule has 2 aliphatic rings. The van der Waals surface area contributed by atoms with E-state index in [-0.39, 0.29) is 35.1 Å². The molecule has 262 valence electrons. The summed E-state index contributed by atoms with van der Waals surface area (Å²) in [5.41, 5.74) is -1.07. The number of nitrogens with one attached hydrogen (secondary N) is 4. The first-order valence-electron chi connectivity index (χ1n) is 17.1. The highest BCUT2D eigenvalue weighted by Crippen LogP contribution is 2.33. The average molecular weight is 649 g/mol. The molecule has 5 atom stereocenters. The Morgan fingerprint density at radius 1 is 0.891 bits per heavy atom. The molecule has 2 unspecified atom stereocenters. The molecule has 0 aliphatic carbocycles. The first-order valence-corrected chi connectivity index (χ1v) is 17.1. The van der Waals surface area contributed by atoms with Gasteiger partial charge in [0.2, 0.25) is 23.5 Å². The van der Waals surface area contributed by atoms with Crippen molar-refractivity contribution in [2.45, 2.75) is 132 Å². The Labute approximate surface area is 275 Å². The van der Waals surface area contributed by atoms with Crippen molar-refractivity contribution < 1.29 is 28.8 Å². The standard InChI is InChI=1S/C34H60N6O6/c1-11-15-23(27(42)30(44)35-12-2)36-29(43)26-22(21(3)4)17-19-40(26)31(45)28(34(8,9)10)38-32(46)37-24(33(5,6)7)20-39-18-14-13-16-25(39)41/h21-24,26,28H,11-20H2,1-10H3,(H,35,44)(H,36,43)(H2,37,38,46)/t22?,23?,24-,26+,28-/m1/s1. The van der Waals surface area contributed by atoms with Crippen LogP contribution in [-0.4, -0.2) is 95.6 Å². The molecule has 2 heterocycles. The van der Waals surface area contributed by atoms with E-state index in [4.69, 9.17) is 0 Å². The molecule has 12 nitrogen and oxygen atoms in total. The van der Waals surface area contributed by atoms with Gasteiger partial charge in [-0.2, -0.15) is 0 Å². The van der Waals surface area contributed by atoms with E-state index in [0.29, 0.717) is 51.9 Å². The number of piperidine rings is 1. The predicted octanol–water partition coefficient (Wildman–Crippen LogP) is 2.99. The molecule has 4 N–H and O–H groups in total. The molecule has 6 amide bonds. The smallest absolute Gasteiger partial charge is 0.315 e. The molecule has 0 aromatic rings. The van der Waals surface area contributed by atoms with Gasteiger partial charge in [0.25, 0.3) is 5.91 Å². The van der Waals surface area contributed by atoms with E-state index in [1.54, 1.807) is 11.8 Å². The molecule has 12 heteroatoms. The maximum atomic E-state index is 14.3. The van der Waals surface area contributed by atoms with Gasteiger partial charge in [0.1, 0.15) is 12.1 Å². The van der Waals surface area contributed by atoms with Crippen LogP contribution in [0.15, 0.2) is 0 Å². The van der Waals surface area contributed by atoms with E-state index in [9.17, 15) is 28.8 Å². The molecule has 0 aromatic heterocycles. The minimum atomic E-state index is -1.00. The van der Waals surface area contributed by atoms with E-state index in [1.807, 2.05) is 62.3 Å². The topological polar surface area (TPSA) is 157 Å². The third-order valence-corrected chi connectivity index (χ3v) is 9.19. The van der Waals surface area contributed by atoms with Crippen LogP contribution in [0.25, 0.3) is 0 Å². The number of Topliss-reactive ketones (excluding diaryl/α,β-unsaturated/α-hetero) is 1. The van der Waals surface area contributed by atoms with Gasteiger partial charge in [-0.3, -0.25) is 24.0 Å². The Morgan fingerprint density at radius 3 is 2.07 bits per heavy atom. The van der Waals surface area contributed by atoms with Gasteiger partial charge < -0.3 is 31.1 Å². The van der Waals surface area contributed by atoms with Gasteiger partial charge in [0.05, 0.1) is 12.1 Å². The van der Waals surface area contributed by atoms with Crippen molar-refractivity contribution in [1.29, 1.82) is 0 Å². The maximum Gasteiger partial charge on any atom is 0.315 e. The Balaban J connectivity index is 2.31. The number of likely N-dealkylation sites (tertiary alicyclic amines) is 2. The van der Waals surface area contributed by atoms with Crippen LogP contribution >= 0.6 is 0 Å². The molecule has 2 aliphatic heterocycles. The first-order chi connectivity index (χ1) is 21.3. The van der Waals surface area contributed by atoms with Crippen LogP contribution in [0, 0.1) is 22.7 Å². The van der Waals surface area contributed by atoms with Crippen molar-refractivity contribution in [2.75, 3.05) is 26.2 Å². The van der Waals surface area contributed by atoms with Crippen LogP contribution in [-0.2, 0) is 24.0 Å². The van der Waals surface area contributed by atoms with Gasteiger partial charge in [-0.1, -0.05) is 68.7 Å². The van der Waals surface area contributed by atoms with Gasteiger partial charge in [-0.25, -0.2) is 4.79 Å². The van der Waals surface area contributed by atoms with Crippen molar-refractivity contribution in [1.82, 2.24) is 31.1 Å². The number of hydrogen-bond donors (Lipinski definition) is 4. The number of rotatable bonds is 13. The summed E-state index contributed by atoms with van der Waals surface area (Å²) in [5.74, 6) is -2.35. The van der Waals surface area contributed by atoms with E-state index < -0.39 is 47.2 Å². The summed E-state index contributed by atoms with van der Waals surface area (Å²) >= 11 is 0. The third kappa shape index (κ3) is 10.4. The van der Waals surface area contributed by atoms with Crippen LogP contribution in [0.2, 0.25) is 0 Å². The van der Waals surface area contributed by atoms with Crippen LogP contribution in [0.5, 0.6) is 0 Å². The maximum absolute atomic E-state index is 14.3. The lowest BCUT2D eigenvalue weighted by Gasteiger charge is -2.39. The van der Waals surface area contributed by atoms with Gasteiger partial charge in [-0.05, 0) is 55.3 Å². The number of urea groups is 1. The first kappa shape index (κ1) is 39.0. The number of hydrogen-bond acceptors (Lipinski definition) is 6. The van der Waals surface area contributed by atoms with Gasteiger partial charge in [-0.15, -0.1) is 0 Å². The van der Waals surface area contributed by atoms with E-state index >= 15 is 0 Å². The second-order valence-corrected chi connectivity index (χ2v) is 15.4. The molecule has 2 rings (SSSR count). The number of amides is 6. The Bertz CT molecular complexity index is 1110. The monoisotopic (exact) mass is 648 g/mol. The number of nitrogens with zero attached hydrogens (tertiary/aromatic N) is 2. The van der Waals surface area contributed by atoms with Crippen molar-refractivity contribution in [3.63, 3.8) is 0 Å². The fourth-order valence-electron chi connectivity index (χ4n) is 6.27. The summed E-state index contributed by atoms with van der Waals surface area (Å²) < 4.78 is 0. The van der Waals surface area contributed by atoms with Crippen LogP contribution in [0.4, 0.5) is 4.79 Å². The van der Waals surface area contributed by atoms with Crippen LogP contribution in [0.3, 0.4) is 0 Å². The van der Waals surface area contributed by atoms with Crippen molar-refractivity contribution in [3.8, 4) is 0 Å². The van der Waals surface area contributed by atoms with E-state index in [1.165, 1.54) is 4.90 Å². The molecular weight excluding hydrogens is 588 g/mol. The zero-order valence-corrected chi connectivity index (χ0v) is 29.9. The molecule has 46 heavy (non-hydrogen) atoms. The van der Waals surface area contributed by atoms with E-state index in [2.05, 4.69) is 21.3 Å². The quantitative estimate of drug-likeness (QED) is 0.225. The fourth-order valence-corrected chi connectivity index (χ4v) is 6.27. The molecule has 0 bridgehead atoms. The lowest BCUT2D eigenvalue weighted by atomic mass is 9.84. The largest absolute Gasteiger partial charge is 0.350 e. The molecule has 2 saturated heterocycles. The lowest BCUT2D eigenvalue weighted by molar-refractivity contribution is -0.144. The minimum absolute atomic E-state index is 0.0617. The molecule has 0 saturated carbocycles. The number of ketones is 1. The molecular formula is C34H60N6O6. The third-order valence-electron chi connectivity index (χ3n) is 9.19. The number of carbonyl (C=O) groups is 6. The second-order valence-electron chi connectivity index (χ2n) is 15.4. The minimum Gasteiger partial charge on any atom is -0.350 e. The highest BCUT2D eigenvalue weighted by atomic mass is 16.2. The lowest BCUT2D eigenvalue weighted by Crippen LogP contribution is -2.62. The van der Waals surface area contributed by atoms with E-state index in [0.717, 1.165) is 12.8 Å². The zero-order valence-electron chi connectivity index (χ0n) is 29.9. The van der Waals surface area contributed by atoms with Gasteiger partial charge >= 0.3 is 6.03 Å². The number of carbonyl (C=O) groups excluding carboxylic acids is 6. The molecule has 0 spiro atoms. The van der Waals surface area contributed by atoms with Crippen LogP contribution < -0.4 is 21.3 Å². The summed E-state index contributed by atoms with van der Waals surface area (Å²) in [6, 6.07) is -3.71. The summed E-state index contributed by atoms with van der Waals surface area (Å²) in [6.45, 7) is 20.8. The molecule has 2 fully saturated rings.